The summed E-state index contributed by atoms with van der Waals surface area (Å²) in [7, 11) is -1.96. The zero-order valence-electron chi connectivity index (χ0n) is 24.5. The maximum Gasteiger partial charge on any atom is 0.406 e. The van der Waals surface area contributed by atoms with Gasteiger partial charge in [-0.1, -0.05) is 13.8 Å². The standard InChI is InChI=1S/C24H39N6O11P/c1-12(2)8-14(21(33)40-13(3)4)29-42(35,39-10-16(31)36-6)38-9-15-18(32)24(5,34)22(41-15)30-11-26-17-19(30)27-23(25)28-20(17)37-7/h11-15,18,22,32,34H,8-10H2,1-7H3,(H,29,35)(H2,25,27,28)/t14-,15+,18+,22+,24+,42?/m0/s1. The van der Waals surface area contributed by atoms with E-state index in [1.54, 1.807) is 13.8 Å². The predicted octanol–water partition coefficient (Wildman–Crippen LogP) is 0.697. The van der Waals surface area contributed by atoms with Crippen molar-refractivity contribution in [1.29, 1.82) is 0 Å². The molecule has 5 N–H and O–H groups in total. The monoisotopic (exact) mass is 618 g/mol. The highest BCUT2D eigenvalue weighted by Gasteiger charge is 2.54. The van der Waals surface area contributed by atoms with Crippen molar-refractivity contribution >= 4 is 36.8 Å². The summed E-state index contributed by atoms with van der Waals surface area (Å²) < 4.78 is 47.0. The summed E-state index contributed by atoms with van der Waals surface area (Å²) in [6, 6.07) is -1.13. The number of aliphatic hydroxyl groups excluding tert-OH is 1. The van der Waals surface area contributed by atoms with Crippen LogP contribution in [0.15, 0.2) is 6.33 Å². The summed E-state index contributed by atoms with van der Waals surface area (Å²) in [5.41, 5.74) is 4.25. The minimum Gasteiger partial charge on any atom is -0.479 e. The van der Waals surface area contributed by atoms with Crippen LogP contribution in [0.25, 0.3) is 11.2 Å². The largest absolute Gasteiger partial charge is 0.479 e. The molecular formula is C24H39N6O11P. The molecule has 1 aliphatic rings. The lowest BCUT2D eigenvalue weighted by molar-refractivity contribution is -0.150. The smallest absolute Gasteiger partial charge is 0.406 e. The van der Waals surface area contributed by atoms with Gasteiger partial charge in [0.1, 0.15) is 23.9 Å². The lowest BCUT2D eigenvalue weighted by atomic mass is 9.96. The lowest BCUT2D eigenvalue weighted by Gasteiger charge is -2.28. The van der Waals surface area contributed by atoms with Crippen molar-refractivity contribution in [2.24, 2.45) is 5.92 Å². The number of aromatic nitrogens is 4. The molecule has 0 aromatic carbocycles. The Kier molecular flexibility index (Phi) is 10.9. The molecule has 17 nitrogen and oxygen atoms in total. The van der Waals surface area contributed by atoms with Crippen molar-refractivity contribution in [2.75, 3.05) is 33.2 Å². The van der Waals surface area contributed by atoms with E-state index in [1.165, 1.54) is 24.9 Å². The van der Waals surface area contributed by atoms with E-state index in [4.69, 9.17) is 29.0 Å². The fourth-order valence-corrected chi connectivity index (χ4v) is 5.69. The Labute approximate surface area is 242 Å². The van der Waals surface area contributed by atoms with Crippen molar-refractivity contribution in [2.45, 2.75) is 77.2 Å². The Bertz CT molecular complexity index is 1300. The zero-order chi connectivity index (χ0) is 31.4. The fourth-order valence-electron chi connectivity index (χ4n) is 4.26. The first-order valence-corrected chi connectivity index (χ1v) is 14.7. The Morgan fingerprint density at radius 2 is 1.93 bits per heavy atom. The van der Waals surface area contributed by atoms with Gasteiger partial charge in [-0.2, -0.15) is 9.97 Å². The number of carbonyl (C=O) groups is 2. The minimum atomic E-state index is -4.45. The molecule has 2 aromatic heterocycles. The number of hydrogen-bond donors (Lipinski definition) is 4. The average molecular weight is 619 g/mol. The van der Waals surface area contributed by atoms with Crippen LogP contribution in [0.3, 0.4) is 0 Å². The number of ether oxygens (including phenoxy) is 4. The molecule has 1 fully saturated rings. The van der Waals surface area contributed by atoms with Crippen LogP contribution < -0.4 is 15.6 Å². The summed E-state index contributed by atoms with van der Waals surface area (Å²) in [5, 5.41) is 24.8. The average Bonchev–Trinajstić information content (AvgIpc) is 3.42. The van der Waals surface area contributed by atoms with Crippen LogP contribution in [0.5, 0.6) is 5.88 Å². The second kappa shape index (κ2) is 13.6. The van der Waals surface area contributed by atoms with Gasteiger partial charge in [-0.3, -0.25) is 18.4 Å². The van der Waals surface area contributed by atoms with E-state index in [-0.39, 0.29) is 35.3 Å². The fraction of sp³-hybridized carbons (Fsp3) is 0.708. The molecule has 0 saturated carbocycles. The molecule has 3 heterocycles. The number of anilines is 1. The minimum absolute atomic E-state index is 0.0337. The molecule has 42 heavy (non-hydrogen) atoms. The molecule has 18 heteroatoms. The number of nitrogen functional groups attached to an aromatic ring is 1. The van der Waals surface area contributed by atoms with Gasteiger partial charge >= 0.3 is 19.7 Å². The lowest BCUT2D eigenvalue weighted by Crippen LogP contribution is -2.44. The van der Waals surface area contributed by atoms with Gasteiger partial charge in [0.15, 0.2) is 24.0 Å². The molecule has 0 radical (unpaired) electrons. The number of esters is 2. The first-order valence-electron chi connectivity index (χ1n) is 13.2. The van der Waals surface area contributed by atoms with Crippen LogP contribution in [0.2, 0.25) is 0 Å². The van der Waals surface area contributed by atoms with Gasteiger partial charge in [0, 0.05) is 0 Å². The normalized spacial score (nSPS) is 24.6. The van der Waals surface area contributed by atoms with Gasteiger partial charge in [-0.15, -0.1) is 0 Å². The Hall–Kier alpha value is -2.92. The van der Waals surface area contributed by atoms with Crippen LogP contribution in [0, 0.1) is 5.92 Å². The molecule has 0 aliphatic carbocycles. The zero-order valence-corrected chi connectivity index (χ0v) is 25.4. The van der Waals surface area contributed by atoms with Gasteiger partial charge < -0.3 is 34.9 Å². The molecule has 1 aliphatic heterocycles. The van der Waals surface area contributed by atoms with Crippen LogP contribution >= 0.6 is 7.75 Å². The van der Waals surface area contributed by atoms with Crippen molar-refractivity contribution in [1.82, 2.24) is 24.6 Å². The number of aliphatic hydroxyl groups is 2. The van der Waals surface area contributed by atoms with Crippen LogP contribution in [-0.4, -0.2) is 99.1 Å². The summed E-state index contributed by atoms with van der Waals surface area (Å²) in [6.07, 6.45) is -3.06. The van der Waals surface area contributed by atoms with E-state index >= 15 is 0 Å². The molecular weight excluding hydrogens is 579 g/mol. The van der Waals surface area contributed by atoms with E-state index in [9.17, 15) is 24.4 Å². The highest BCUT2D eigenvalue weighted by Crippen LogP contribution is 2.47. The quantitative estimate of drug-likeness (QED) is 0.169. The molecule has 3 rings (SSSR count). The SMILES string of the molecule is COC(=O)COP(=O)(N[C@@H](CC(C)C)C(=O)OC(C)C)OC[C@H]1O[C@@H](n2cnc3c(OC)nc(N)nc32)[C@](C)(O)[C@@H]1O. The maximum absolute atomic E-state index is 13.8. The van der Waals surface area contributed by atoms with Gasteiger partial charge in [0.2, 0.25) is 11.8 Å². The second-order valence-electron chi connectivity index (χ2n) is 10.6. The number of rotatable bonds is 14. The molecule has 0 amide bonds. The first kappa shape index (κ1) is 33.6. The molecule has 6 atom stereocenters. The van der Waals surface area contributed by atoms with Crippen LogP contribution in [0.1, 0.15) is 47.3 Å². The van der Waals surface area contributed by atoms with Crippen LogP contribution in [0.4, 0.5) is 5.95 Å². The molecule has 0 bridgehead atoms. The van der Waals surface area contributed by atoms with Gasteiger partial charge in [-0.05, 0) is 33.1 Å². The van der Waals surface area contributed by atoms with Gasteiger partial charge in [-0.25, -0.2) is 19.4 Å². The van der Waals surface area contributed by atoms with Crippen molar-refractivity contribution in [3.05, 3.63) is 6.33 Å². The number of imidazole rings is 1. The number of carbonyl (C=O) groups excluding carboxylic acids is 2. The summed E-state index contributed by atoms with van der Waals surface area (Å²) in [5.74, 6) is -1.62. The Balaban J connectivity index is 1.86. The first-order chi connectivity index (χ1) is 19.6. The number of fused-ring (bicyclic) bond motifs is 1. The number of nitrogens with one attached hydrogen (secondary N) is 1. The maximum atomic E-state index is 13.8. The number of hydrogen-bond acceptors (Lipinski definition) is 15. The summed E-state index contributed by atoms with van der Waals surface area (Å²) >= 11 is 0. The van der Waals surface area contributed by atoms with E-state index in [0.717, 1.165) is 7.11 Å². The third-order valence-electron chi connectivity index (χ3n) is 6.25. The molecule has 2 aromatic rings. The van der Waals surface area contributed by atoms with E-state index in [1.807, 2.05) is 13.8 Å². The third-order valence-corrected chi connectivity index (χ3v) is 7.84. The second-order valence-corrected chi connectivity index (χ2v) is 12.3. The van der Waals surface area contributed by atoms with Crippen LogP contribution in [-0.2, 0) is 37.4 Å². The van der Waals surface area contributed by atoms with Crippen molar-refractivity contribution < 1.29 is 52.4 Å². The highest BCUT2D eigenvalue weighted by atomic mass is 31.2. The van der Waals surface area contributed by atoms with Gasteiger partial charge in [0.25, 0.3) is 0 Å². The summed E-state index contributed by atoms with van der Waals surface area (Å²) in [4.78, 5) is 36.9. The van der Waals surface area contributed by atoms with E-state index in [0.29, 0.717) is 0 Å². The third kappa shape index (κ3) is 7.72. The summed E-state index contributed by atoms with van der Waals surface area (Å²) in [6.45, 7) is 6.97. The van der Waals surface area contributed by atoms with Crippen molar-refractivity contribution in [3.63, 3.8) is 0 Å². The Morgan fingerprint density at radius 1 is 1.24 bits per heavy atom. The van der Waals surface area contributed by atoms with E-state index < -0.39 is 69.1 Å². The topological polar surface area (TPSA) is 229 Å². The highest BCUT2D eigenvalue weighted by molar-refractivity contribution is 7.51. The molecule has 1 unspecified atom stereocenters. The number of methoxy groups -OCH3 is 2. The predicted molar refractivity (Wildman–Crippen MR) is 146 cm³/mol. The molecule has 1 saturated heterocycles. The molecule has 0 spiro atoms. The Morgan fingerprint density at radius 3 is 2.52 bits per heavy atom. The van der Waals surface area contributed by atoms with E-state index in [2.05, 4.69) is 24.8 Å². The van der Waals surface area contributed by atoms with Crippen molar-refractivity contribution in [3.8, 4) is 5.88 Å². The number of nitrogens with zero attached hydrogens (tertiary/aromatic N) is 4. The van der Waals surface area contributed by atoms with Gasteiger partial charge in [0.05, 0.1) is 33.3 Å². The number of nitrogens with two attached hydrogens (primary N) is 1. The molecule has 236 valence electrons.